The Hall–Kier alpha value is -1.32. The number of rotatable bonds is 5. The van der Waals surface area contributed by atoms with Crippen LogP contribution in [0.4, 0.5) is 0 Å². The summed E-state index contributed by atoms with van der Waals surface area (Å²) < 4.78 is 11.5. The number of hydrogen-bond donors (Lipinski definition) is 1. The Labute approximate surface area is 121 Å². The van der Waals surface area contributed by atoms with Gasteiger partial charge in [-0.25, -0.2) is 0 Å². The van der Waals surface area contributed by atoms with E-state index in [1.165, 1.54) is 27.6 Å². The summed E-state index contributed by atoms with van der Waals surface area (Å²) in [4.78, 5) is 0. The van der Waals surface area contributed by atoms with Gasteiger partial charge in [0.1, 0.15) is 11.3 Å². The van der Waals surface area contributed by atoms with Crippen molar-refractivity contribution in [1.29, 1.82) is 0 Å². The van der Waals surface area contributed by atoms with Crippen LogP contribution < -0.4 is 5.32 Å². The zero-order valence-electron chi connectivity index (χ0n) is 13.4. The van der Waals surface area contributed by atoms with Gasteiger partial charge in [-0.2, -0.15) is 0 Å². The van der Waals surface area contributed by atoms with Gasteiger partial charge in [-0.1, -0.05) is 19.9 Å². The van der Waals surface area contributed by atoms with E-state index in [1.54, 1.807) is 7.11 Å². The van der Waals surface area contributed by atoms with Gasteiger partial charge in [0.05, 0.1) is 13.2 Å². The highest BCUT2D eigenvalue weighted by molar-refractivity contribution is 5.89. The molecule has 2 rings (SSSR count). The molecule has 1 heterocycles. The molecule has 0 fully saturated rings. The van der Waals surface area contributed by atoms with Crippen molar-refractivity contribution in [2.45, 2.75) is 53.8 Å². The molecule has 3 heteroatoms. The van der Waals surface area contributed by atoms with Crippen molar-refractivity contribution in [3.63, 3.8) is 0 Å². The Balaban J connectivity index is 2.59. The monoisotopic (exact) mass is 275 g/mol. The molecule has 0 radical (unpaired) electrons. The second-order valence-electron chi connectivity index (χ2n) is 5.81. The summed E-state index contributed by atoms with van der Waals surface area (Å²) in [5, 5.41) is 4.64. The number of nitrogens with one attached hydrogen (secondary N) is 1. The molecule has 1 aromatic carbocycles. The zero-order chi connectivity index (χ0) is 14.9. The number of hydrogen-bond acceptors (Lipinski definition) is 3. The van der Waals surface area contributed by atoms with E-state index in [2.05, 4.69) is 46.0 Å². The molecule has 0 aliphatic heterocycles. The third-order valence-corrected chi connectivity index (χ3v) is 3.81. The van der Waals surface area contributed by atoms with Crippen LogP contribution in [0.5, 0.6) is 0 Å². The van der Waals surface area contributed by atoms with Crippen LogP contribution in [-0.2, 0) is 17.9 Å². The van der Waals surface area contributed by atoms with E-state index in [-0.39, 0.29) is 0 Å². The van der Waals surface area contributed by atoms with Gasteiger partial charge in [0.15, 0.2) is 0 Å². The predicted molar refractivity (Wildman–Crippen MR) is 83.1 cm³/mol. The van der Waals surface area contributed by atoms with E-state index in [1.807, 2.05) is 0 Å². The van der Waals surface area contributed by atoms with Crippen LogP contribution in [0.15, 0.2) is 10.5 Å². The summed E-state index contributed by atoms with van der Waals surface area (Å²) in [5.74, 6) is 0.993. The van der Waals surface area contributed by atoms with Gasteiger partial charge in [-0.3, -0.25) is 0 Å². The molecule has 0 unspecified atom stereocenters. The van der Waals surface area contributed by atoms with Gasteiger partial charge < -0.3 is 14.5 Å². The fourth-order valence-corrected chi connectivity index (χ4v) is 2.61. The van der Waals surface area contributed by atoms with Crippen molar-refractivity contribution in [3.8, 4) is 0 Å². The van der Waals surface area contributed by atoms with E-state index < -0.39 is 0 Å². The number of aryl methyl sites for hydroxylation is 3. The first-order valence-electron chi connectivity index (χ1n) is 7.19. The Kier molecular flexibility index (Phi) is 4.51. The summed E-state index contributed by atoms with van der Waals surface area (Å²) in [7, 11) is 1.73. The number of fused-ring (bicyclic) bond motifs is 1. The molecule has 0 aliphatic carbocycles. The van der Waals surface area contributed by atoms with Gasteiger partial charge in [0, 0.05) is 24.1 Å². The number of ether oxygens (including phenoxy) is 1. The number of methoxy groups -OCH3 is 1. The van der Waals surface area contributed by atoms with Crippen molar-refractivity contribution in [2.24, 2.45) is 0 Å². The molecule has 1 aromatic heterocycles. The largest absolute Gasteiger partial charge is 0.459 e. The lowest BCUT2D eigenvalue weighted by Gasteiger charge is -2.08. The highest BCUT2D eigenvalue weighted by Gasteiger charge is 2.18. The van der Waals surface area contributed by atoms with Crippen molar-refractivity contribution < 1.29 is 9.15 Å². The molecule has 0 atom stereocenters. The summed E-state index contributed by atoms with van der Waals surface area (Å²) >= 11 is 0. The molecule has 110 valence electrons. The maximum absolute atomic E-state index is 6.15. The van der Waals surface area contributed by atoms with Gasteiger partial charge in [-0.05, 0) is 37.5 Å². The van der Waals surface area contributed by atoms with Crippen molar-refractivity contribution in [1.82, 2.24) is 5.32 Å². The van der Waals surface area contributed by atoms with E-state index >= 15 is 0 Å². The topological polar surface area (TPSA) is 34.4 Å². The van der Waals surface area contributed by atoms with Crippen LogP contribution in [0, 0.1) is 20.8 Å². The smallest absolute Gasteiger partial charge is 0.138 e. The fourth-order valence-electron chi connectivity index (χ4n) is 2.61. The average molecular weight is 275 g/mol. The molecule has 0 amide bonds. The first kappa shape index (κ1) is 15.1. The Morgan fingerprint density at radius 2 is 1.90 bits per heavy atom. The maximum atomic E-state index is 6.15. The SMILES string of the molecule is COCc1c(CNC(C)C)oc2c(C)c(C)cc(C)c12. The van der Waals surface area contributed by atoms with E-state index in [0.29, 0.717) is 12.6 Å². The third kappa shape index (κ3) is 2.74. The molecule has 0 bridgehead atoms. The van der Waals surface area contributed by atoms with E-state index in [4.69, 9.17) is 9.15 Å². The van der Waals surface area contributed by atoms with Crippen LogP contribution >= 0.6 is 0 Å². The molecular weight excluding hydrogens is 250 g/mol. The highest BCUT2D eigenvalue weighted by atomic mass is 16.5. The highest BCUT2D eigenvalue weighted by Crippen LogP contribution is 2.33. The summed E-state index contributed by atoms with van der Waals surface area (Å²) in [6.45, 7) is 12.0. The molecule has 0 saturated carbocycles. The maximum Gasteiger partial charge on any atom is 0.138 e. The molecule has 0 aliphatic rings. The van der Waals surface area contributed by atoms with Crippen LogP contribution in [0.1, 0.15) is 41.9 Å². The summed E-state index contributed by atoms with van der Waals surface area (Å²) in [6.07, 6.45) is 0. The van der Waals surface area contributed by atoms with Crippen LogP contribution in [0.3, 0.4) is 0 Å². The molecule has 0 saturated heterocycles. The average Bonchev–Trinajstić information content (AvgIpc) is 2.74. The number of furan rings is 1. The Morgan fingerprint density at radius 3 is 2.50 bits per heavy atom. The predicted octanol–water partition coefficient (Wildman–Crippen LogP) is 4.00. The minimum atomic E-state index is 0.433. The minimum Gasteiger partial charge on any atom is -0.459 e. The molecule has 2 aromatic rings. The molecular formula is C17H25NO2. The quantitative estimate of drug-likeness (QED) is 0.895. The lowest BCUT2D eigenvalue weighted by Crippen LogP contribution is -2.22. The van der Waals surface area contributed by atoms with Gasteiger partial charge >= 0.3 is 0 Å². The normalized spacial score (nSPS) is 11.8. The van der Waals surface area contributed by atoms with Crippen molar-refractivity contribution in [3.05, 3.63) is 34.1 Å². The molecule has 20 heavy (non-hydrogen) atoms. The standard InChI is InChI=1S/C17H25NO2/c1-10(2)18-8-15-14(9-19-6)16-12(4)7-11(3)13(5)17(16)20-15/h7,10,18H,8-9H2,1-6H3. The van der Waals surface area contributed by atoms with Crippen molar-refractivity contribution in [2.75, 3.05) is 7.11 Å². The molecule has 3 nitrogen and oxygen atoms in total. The van der Waals surface area contributed by atoms with E-state index in [0.717, 1.165) is 17.9 Å². The Bertz CT molecular complexity index is 611. The van der Waals surface area contributed by atoms with Gasteiger partial charge in [0.25, 0.3) is 0 Å². The van der Waals surface area contributed by atoms with Crippen LogP contribution in [0.2, 0.25) is 0 Å². The first-order chi connectivity index (χ1) is 9.45. The second kappa shape index (κ2) is 5.98. The number of benzene rings is 1. The molecule has 1 N–H and O–H groups in total. The van der Waals surface area contributed by atoms with Crippen LogP contribution in [-0.4, -0.2) is 13.2 Å². The lowest BCUT2D eigenvalue weighted by atomic mass is 9.99. The molecule has 0 spiro atoms. The van der Waals surface area contributed by atoms with Gasteiger partial charge in [0.2, 0.25) is 0 Å². The minimum absolute atomic E-state index is 0.433. The van der Waals surface area contributed by atoms with Crippen molar-refractivity contribution >= 4 is 11.0 Å². The van der Waals surface area contributed by atoms with Crippen LogP contribution in [0.25, 0.3) is 11.0 Å². The summed E-state index contributed by atoms with van der Waals surface area (Å²) in [5.41, 5.74) is 5.94. The fraction of sp³-hybridized carbons (Fsp3) is 0.529. The Morgan fingerprint density at radius 1 is 1.20 bits per heavy atom. The lowest BCUT2D eigenvalue weighted by molar-refractivity contribution is 0.183. The van der Waals surface area contributed by atoms with E-state index in [9.17, 15) is 0 Å². The first-order valence-corrected chi connectivity index (χ1v) is 7.19. The second-order valence-corrected chi connectivity index (χ2v) is 5.81. The van der Waals surface area contributed by atoms with Gasteiger partial charge in [-0.15, -0.1) is 0 Å². The summed E-state index contributed by atoms with van der Waals surface area (Å²) in [6, 6.07) is 2.66. The third-order valence-electron chi connectivity index (χ3n) is 3.81. The zero-order valence-corrected chi connectivity index (χ0v) is 13.4.